The first-order chi connectivity index (χ1) is 8.36. The molecule has 3 nitrogen and oxygen atoms in total. The minimum atomic E-state index is 0.529. The van der Waals surface area contributed by atoms with Crippen LogP contribution < -0.4 is 10.6 Å². The molecule has 0 aromatic carbocycles. The van der Waals surface area contributed by atoms with E-state index in [9.17, 15) is 0 Å². The third kappa shape index (κ3) is 4.37. The predicted molar refractivity (Wildman–Crippen MR) is 73.7 cm³/mol. The Morgan fingerprint density at radius 1 is 1.41 bits per heavy atom. The second-order valence-electron chi connectivity index (χ2n) is 4.91. The Morgan fingerprint density at radius 3 is 2.94 bits per heavy atom. The van der Waals surface area contributed by atoms with Gasteiger partial charge in [-0.1, -0.05) is 19.8 Å². The van der Waals surface area contributed by atoms with Crippen molar-refractivity contribution in [3.8, 4) is 0 Å². The molecule has 1 fully saturated rings. The minimum absolute atomic E-state index is 0.529. The van der Waals surface area contributed by atoms with E-state index in [0.717, 1.165) is 25.7 Å². The maximum absolute atomic E-state index is 4.34. The van der Waals surface area contributed by atoms with E-state index in [0.29, 0.717) is 5.92 Å². The maximum atomic E-state index is 4.34. The summed E-state index contributed by atoms with van der Waals surface area (Å²) in [4.78, 5) is 4.34. The van der Waals surface area contributed by atoms with Crippen molar-refractivity contribution in [3.05, 3.63) is 16.6 Å². The lowest BCUT2D eigenvalue weighted by Gasteiger charge is -2.13. The first kappa shape index (κ1) is 13.0. The van der Waals surface area contributed by atoms with Crippen molar-refractivity contribution in [2.45, 2.75) is 44.6 Å². The molecule has 0 aliphatic heterocycles. The molecule has 1 atom stereocenters. The minimum Gasteiger partial charge on any atom is -0.315 e. The van der Waals surface area contributed by atoms with Crippen LogP contribution in [0.1, 0.15) is 43.5 Å². The Morgan fingerprint density at radius 2 is 2.24 bits per heavy atom. The molecule has 0 spiro atoms. The number of nitrogens with zero attached hydrogens (tertiary/aromatic N) is 1. The first-order valence-electron chi connectivity index (χ1n) is 6.70. The van der Waals surface area contributed by atoms with Gasteiger partial charge in [0.1, 0.15) is 0 Å². The van der Waals surface area contributed by atoms with E-state index in [1.165, 1.54) is 30.7 Å². The fourth-order valence-electron chi connectivity index (χ4n) is 2.38. The van der Waals surface area contributed by atoms with Crippen molar-refractivity contribution in [1.29, 1.82) is 0 Å². The number of hydrogen-bond donors (Lipinski definition) is 2. The summed E-state index contributed by atoms with van der Waals surface area (Å²) in [6, 6.07) is 0.785. The summed E-state index contributed by atoms with van der Waals surface area (Å²) in [6.07, 6.45) is 7.45. The van der Waals surface area contributed by atoms with Gasteiger partial charge in [0.05, 0.1) is 5.01 Å². The van der Waals surface area contributed by atoms with Crippen LogP contribution >= 0.6 is 11.3 Å². The molecular weight excluding hydrogens is 230 g/mol. The standard InChI is InChI=1S/C13H23N3S/c1-11(13-16-8-9-17-13)10-14-6-7-15-12-4-2-3-5-12/h8-9,11-12,14-15H,2-7,10H2,1H3. The lowest BCUT2D eigenvalue weighted by atomic mass is 10.2. The number of rotatable bonds is 7. The van der Waals surface area contributed by atoms with Crippen molar-refractivity contribution in [3.63, 3.8) is 0 Å². The second-order valence-corrected chi connectivity index (χ2v) is 5.84. The van der Waals surface area contributed by atoms with E-state index in [1.807, 2.05) is 11.6 Å². The first-order valence-corrected chi connectivity index (χ1v) is 7.57. The molecule has 1 saturated carbocycles. The van der Waals surface area contributed by atoms with Gasteiger partial charge in [-0.15, -0.1) is 11.3 Å². The molecule has 0 radical (unpaired) electrons. The van der Waals surface area contributed by atoms with Gasteiger partial charge in [-0.2, -0.15) is 0 Å². The van der Waals surface area contributed by atoms with E-state index >= 15 is 0 Å². The summed E-state index contributed by atoms with van der Waals surface area (Å²) in [5, 5.41) is 10.4. The van der Waals surface area contributed by atoms with Gasteiger partial charge in [0.2, 0.25) is 0 Å². The van der Waals surface area contributed by atoms with Gasteiger partial charge in [-0.3, -0.25) is 0 Å². The van der Waals surface area contributed by atoms with Crippen molar-refractivity contribution >= 4 is 11.3 Å². The summed E-state index contributed by atoms with van der Waals surface area (Å²) in [6.45, 7) is 5.41. The van der Waals surface area contributed by atoms with E-state index in [4.69, 9.17) is 0 Å². The zero-order valence-corrected chi connectivity index (χ0v) is 11.4. The Bertz CT molecular complexity index is 294. The molecule has 2 N–H and O–H groups in total. The normalized spacial score (nSPS) is 18.6. The molecule has 17 heavy (non-hydrogen) atoms. The molecule has 0 amide bonds. The van der Waals surface area contributed by atoms with Crippen LogP contribution in [0, 0.1) is 0 Å². The Balaban J connectivity index is 1.51. The molecule has 1 aromatic heterocycles. The van der Waals surface area contributed by atoms with Crippen LogP contribution in [0.2, 0.25) is 0 Å². The van der Waals surface area contributed by atoms with Crippen LogP contribution in [0.5, 0.6) is 0 Å². The molecule has 1 aliphatic carbocycles. The van der Waals surface area contributed by atoms with Gasteiger partial charge < -0.3 is 10.6 Å². The van der Waals surface area contributed by atoms with Crippen molar-refractivity contribution in [2.24, 2.45) is 0 Å². The monoisotopic (exact) mass is 253 g/mol. The molecule has 96 valence electrons. The van der Waals surface area contributed by atoms with Crippen LogP contribution in [-0.4, -0.2) is 30.7 Å². The van der Waals surface area contributed by atoms with Crippen LogP contribution in [0.25, 0.3) is 0 Å². The molecule has 1 aliphatic rings. The molecule has 1 unspecified atom stereocenters. The summed E-state index contributed by atoms with van der Waals surface area (Å²) in [7, 11) is 0. The zero-order valence-electron chi connectivity index (χ0n) is 10.6. The predicted octanol–water partition coefficient (Wildman–Crippen LogP) is 2.37. The maximum Gasteiger partial charge on any atom is 0.0965 e. The molecule has 2 rings (SSSR count). The quantitative estimate of drug-likeness (QED) is 0.733. The lowest BCUT2D eigenvalue weighted by molar-refractivity contribution is 0.502. The lowest BCUT2D eigenvalue weighted by Crippen LogP contribution is -2.34. The summed E-state index contributed by atoms with van der Waals surface area (Å²) >= 11 is 1.75. The zero-order chi connectivity index (χ0) is 11.9. The van der Waals surface area contributed by atoms with Crippen LogP contribution in [0.3, 0.4) is 0 Å². The highest BCUT2D eigenvalue weighted by Crippen LogP contribution is 2.17. The van der Waals surface area contributed by atoms with Gasteiger partial charge in [-0.05, 0) is 12.8 Å². The molecule has 1 aromatic rings. The highest BCUT2D eigenvalue weighted by molar-refractivity contribution is 7.09. The Hall–Kier alpha value is -0.450. The summed E-state index contributed by atoms with van der Waals surface area (Å²) in [5.41, 5.74) is 0. The molecule has 1 heterocycles. The fourth-order valence-corrected chi connectivity index (χ4v) is 3.08. The van der Waals surface area contributed by atoms with Crippen molar-refractivity contribution in [1.82, 2.24) is 15.6 Å². The number of thiazole rings is 1. The summed E-state index contributed by atoms with van der Waals surface area (Å²) < 4.78 is 0. The average molecular weight is 253 g/mol. The number of nitrogens with one attached hydrogen (secondary N) is 2. The molecular formula is C13H23N3S. The molecule has 0 saturated heterocycles. The van der Waals surface area contributed by atoms with Crippen LogP contribution in [-0.2, 0) is 0 Å². The van der Waals surface area contributed by atoms with E-state index < -0.39 is 0 Å². The number of hydrogen-bond acceptors (Lipinski definition) is 4. The molecule has 0 bridgehead atoms. The van der Waals surface area contributed by atoms with E-state index in [1.54, 1.807) is 11.3 Å². The number of aromatic nitrogens is 1. The van der Waals surface area contributed by atoms with Crippen LogP contribution in [0.4, 0.5) is 0 Å². The van der Waals surface area contributed by atoms with E-state index in [-0.39, 0.29) is 0 Å². The van der Waals surface area contributed by atoms with Gasteiger partial charge in [0.15, 0.2) is 0 Å². The topological polar surface area (TPSA) is 37.0 Å². The van der Waals surface area contributed by atoms with Gasteiger partial charge in [0, 0.05) is 43.2 Å². The van der Waals surface area contributed by atoms with Gasteiger partial charge >= 0.3 is 0 Å². The van der Waals surface area contributed by atoms with Crippen molar-refractivity contribution < 1.29 is 0 Å². The fraction of sp³-hybridized carbons (Fsp3) is 0.769. The highest BCUT2D eigenvalue weighted by atomic mass is 32.1. The van der Waals surface area contributed by atoms with Crippen LogP contribution in [0.15, 0.2) is 11.6 Å². The third-order valence-electron chi connectivity index (χ3n) is 3.41. The Kier molecular flexibility index (Phi) is 5.42. The van der Waals surface area contributed by atoms with Gasteiger partial charge in [-0.25, -0.2) is 4.98 Å². The second kappa shape index (κ2) is 7.09. The van der Waals surface area contributed by atoms with Gasteiger partial charge in [0.25, 0.3) is 0 Å². The molecule has 4 heteroatoms. The third-order valence-corrected chi connectivity index (χ3v) is 4.42. The summed E-state index contributed by atoms with van der Waals surface area (Å²) in [5.74, 6) is 0.529. The highest BCUT2D eigenvalue weighted by Gasteiger charge is 2.13. The average Bonchev–Trinajstić information content (AvgIpc) is 3.01. The Labute approximate surface area is 108 Å². The van der Waals surface area contributed by atoms with E-state index in [2.05, 4.69) is 22.5 Å². The smallest absolute Gasteiger partial charge is 0.0965 e. The van der Waals surface area contributed by atoms with Crippen molar-refractivity contribution in [2.75, 3.05) is 19.6 Å². The largest absolute Gasteiger partial charge is 0.315 e. The SMILES string of the molecule is CC(CNCCNC1CCCC1)c1nccs1.